The van der Waals surface area contributed by atoms with Gasteiger partial charge in [0.2, 0.25) is 0 Å². The molecular weight excluding hydrogens is 302 g/mol. The van der Waals surface area contributed by atoms with E-state index in [0.717, 1.165) is 24.4 Å². The standard InChI is InChI=1S/C20H25NO3/c1-20(2,3)24-19(22)17-9-5-15(6-10-17)13-21-14-16-7-11-18(23-4)12-8-16/h5-12,21H,13-14H2,1-4H3. The van der Waals surface area contributed by atoms with Gasteiger partial charge in [0.15, 0.2) is 0 Å². The molecule has 0 saturated heterocycles. The average molecular weight is 327 g/mol. The molecule has 128 valence electrons. The Labute approximate surface area is 143 Å². The molecule has 2 aromatic carbocycles. The lowest BCUT2D eigenvalue weighted by atomic mass is 10.1. The molecule has 0 atom stereocenters. The first kappa shape index (κ1) is 18.0. The van der Waals surface area contributed by atoms with Gasteiger partial charge in [-0.25, -0.2) is 4.79 Å². The molecule has 0 saturated carbocycles. The molecule has 0 heterocycles. The zero-order valence-corrected chi connectivity index (χ0v) is 14.8. The number of hydrogen-bond donors (Lipinski definition) is 1. The third kappa shape index (κ3) is 5.70. The van der Waals surface area contributed by atoms with Crippen LogP contribution in [0, 0.1) is 0 Å². The molecule has 4 heteroatoms. The van der Waals surface area contributed by atoms with Crippen LogP contribution in [0.2, 0.25) is 0 Å². The highest BCUT2D eigenvalue weighted by Gasteiger charge is 2.17. The molecule has 0 aliphatic rings. The van der Waals surface area contributed by atoms with Gasteiger partial charge in [-0.3, -0.25) is 0 Å². The van der Waals surface area contributed by atoms with Gasteiger partial charge in [0.05, 0.1) is 12.7 Å². The second-order valence-corrected chi connectivity index (χ2v) is 6.65. The van der Waals surface area contributed by atoms with E-state index in [4.69, 9.17) is 9.47 Å². The van der Waals surface area contributed by atoms with E-state index in [-0.39, 0.29) is 5.97 Å². The zero-order valence-electron chi connectivity index (χ0n) is 14.8. The first-order valence-electron chi connectivity index (χ1n) is 8.03. The minimum Gasteiger partial charge on any atom is -0.497 e. The predicted octanol–water partition coefficient (Wildman–Crippen LogP) is 3.94. The minimum atomic E-state index is -0.477. The van der Waals surface area contributed by atoms with Crippen molar-refractivity contribution in [1.29, 1.82) is 0 Å². The Morgan fingerprint density at radius 3 is 1.88 bits per heavy atom. The van der Waals surface area contributed by atoms with Crippen LogP contribution in [0.5, 0.6) is 5.75 Å². The van der Waals surface area contributed by atoms with Crippen LogP contribution in [0.4, 0.5) is 0 Å². The average Bonchev–Trinajstić information content (AvgIpc) is 2.54. The van der Waals surface area contributed by atoms with Crippen molar-refractivity contribution in [2.24, 2.45) is 0 Å². The van der Waals surface area contributed by atoms with Gasteiger partial charge in [-0.05, 0) is 56.2 Å². The van der Waals surface area contributed by atoms with Crippen molar-refractivity contribution in [2.45, 2.75) is 39.5 Å². The minimum absolute atomic E-state index is 0.291. The van der Waals surface area contributed by atoms with Crippen molar-refractivity contribution < 1.29 is 14.3 Å². The summed E-state index contributed by atoms with van der Waals surface area (Å²) >= 11 is 0. The van der Waals surface area contributed by atoms with Crippen molar-refractivity contribution in [3.8, 4) is 5.75 Å². The summed E-state index contributed by atoms with van der Waals surface area (Å²) in [5, 5.41) is 3.39. The third-order valence-corrected chi connectivity index (χ3v) is 3.41. The molecule has 0 fully saturated rings. The molecule has 0 bridgehead atoms. The fourth-order valence-corrected chi connectivity index (χ4v) is 2.19. The van der Waals surface area contributed by atoms with Crippen molar-refractivity contribution >= 4 is 5.97 Å². The monoisotopic (exact) mass is 327 g/mol. The Bertz CT molecular complexity index is 655. The lowest BCUT2D eigenvalue weighted by Gasteiger charge is -2.19. The van der Waals surface area contributed by atoms with Crippen molar-refractivity contribution in [3.63, 3.8) is 0 Å². The molecule has 24 heavy (non-hydrogen) atoms. The van der Waals surface area contributed by atoms with E-state index in [9.17, 15) is 4.79 Å². The maximum absolute atomic E-state index is 12.0. The van der Waals surface area contributed by atoms with E-state index in [1.807, 2.05) is 57.2 Å². The molecule has 0 amide bonds. The third-order valence-electron chi connectivity index (χ3n) is 3.41. The summed E-state index contributed by atoms with van der Waals surface area (Å²) in [5.41, 5.74) is 2.41. The molecule has 0 spiro atoms. The van der Waals surface area contributed by atoms with Crippen LogP contribution in [0.1, 0.15) is 42.3 Å². The molecule has 4 nitrogen and oxygen atoms in total. The normalized spacial score (nSPS) is 11.2. The summed E-state index contributed by atoms with van der Waals surface area (Å²) in [4.78, 5) is 12.0. The van der Waals surface area contributed by atoms with Crippen molar-refractivity contribution in [3.05, 3.63) is 65.2 Å². The summed E-state index contributed by atoms with van der Waals surface area (Å²) in [5.74, 6) is 0.566. The highest BCUT2D eigenvalue weighted by atomic mass is 16.6. The van der Waals surface area contributed by atoms with E-state index in [1.54, 1.807) is 19.2 Å². The van der Waals surface area contributed by atoms with E-state index in [2.05, 4.69) is 5.32 Å². The summed E-state index contributed by atoms with van der Waals surface area (Å²) in [6, 6.07) is 15.5. The zero-order chi connectivity index (χ0) is 17.6. The van der Waals surface area contributed by atoms with Gasteiger partial charge in [-0.2, -0.15) is 0 Å². The molecule has 0 unspecified atom stereocenters. The van der Waals surface area contributed by atoms with Gasteiger partial charge in [-0.1, -0.05) is 24.3 Å². The number of esters is 1. The molecule has 0 radical (unpaired) electrons. The summed E-state index contributed by atoms with van der Waals surface area (Å²) < 4.78 is 10.5. The van der Waals surface area contributed by atoms with E-state index in [0.29, 0.717) is 5.56 Å². The Balaban J connectivity index is 1.84. The van der Waals surface area contributed by atoms with Gasteiger partial charge < -0.3 is 14.8 Å². The number of carbonyl (C=O) groups excluding carboxylic acids is 1. The second-order valence-electron chi connectivity index (χ2n) is 6.65. The van der Waals surface area contributed by atoms with Crippen LogP contribution in [0.15, 0.2) is 48.5 Å². The van der Waals surface area contributed by atoms with Crippen LogP contribution >= 0.6 is 0 Å². The molecule has 0 aromatic heterocycles. The number of rotatable bonds is 6. The highest BCUT2D eigenvalue weighted by Crippen LogP contribution is 2.13. The van der Waals surface area contributed by atoms with Crippen LogP contribution in [0.25, 0.3) is 0 Å². The maximum Gasteiger partial charge on any atom is 0.338 e. The molecule has 0 aliphatic heterocycles. The summed E-state index contributed by atoms with van der Waals surface area (Å²) in [6.07, 6.45) is 0. The molecular formula is C20H25NO3. The smallest absolute Gasteiger partial charge is 0.338 e. The fraction of sp³-hybridized carbons (Fsp3) is 0.350. The maximum atomic E-state index is 12.0. The second kappa shape index (κ2) is 7.97. The number of hydrogen-bond acceptors (Lipinski definition) is 4. The van der Waals surface area contributed by atoms with Crippen LogP contribution in [-0.4, -0.2) is 18.7 Å². The first-order valence-corrected chi connectivity index (χ1v) is 8.03. The Kier molecular flexibility index (Phi) is 5.99. The van der Waals surface area contributed by atoms with Gasteiger partial charge in [-0.15, -0.1) is 0 Å². The van der Waals surface area contributed by atoms with Crippen LogP contribution in [-0.2, 0) is 17.8 Å². The van der Waals surface area contributed by atoms with Crippen LogP contribution < -0.4 is 10.1 Å². The number of benzene rings is 2. The molecule has 2 aromatic rings. The lowest BCUT2D eigenvalue weighted by molar-refractivity contribution is 0.00695. The summed E-state index contributed by atoms with van der Waals surface area (Å²) in [6.45, 7) is 7.10. The van der Waals surface area contributed by atoms with E-state index in [1.165, 1.54) is 5.56 Å². The lowest BCUT2D eigenvalue weighted by Crippen LogP contribution is -2.23. The quantitative estimate of drug-likeness (QED) is 0.816. The van der Waals surface area contributed by atoms with Gasteiger partial charge >= 0.3 is 5.97 Å². The van der Waals surface area contributed by atoms with E-state index < -0.39 is 5.60 Å². The fourth-order valence-electron chi connectivity index (χ4n) is 2.19. The van der Waals surface area contributed by atoms with Gasteiger partial charge in [0, 0.05) is 13.1 Å². The highest BCUT2D eigenvalue weighted by molar-refractivity contribution is 5.89. The number of ether oxygens (including phenoxy) is 2. The predicted molar refractivity (Wildman–Crippen MR) is 95.1 cm³/mol. The molecule has 0 aliphatic carbocycles. The van der Waals surface area contributed by atoms with Crippen molar-refractivity contribution in [2.75, 3.05) is 7.11 Å². The van der Waals surface area contributed by atoms with Crippen LogP contribution in [0.3, 0.4) is 0 Å². The first-order chi connectivity index (χ1) is 11.4. The number of methoxy groups -OCH3 is 1. The Morgan fingerprint density at radius 2 is 1.42 bits per heavy atom. The molecule has 2 rings (SSSR count). The van der Waals surface area contributed by atoms with Crippen molar-refractivity contribution in [1.82, 2.24) is 5.32 Å². The topological polar surface area (TPSA) is 47.6 Å². The number of carbonyl (C=O) groups is 1. The van der Waals surface area contributed by atoms with E-state index >= 15 is 0 Å². The Hall–Kier alpha value is -2.33. The summed E-state index contributed by atoms with van der Waals surface area (Å²) in [7, 11) is 1.66. The molecule has 1 N–H and O–H groups in total. The number of nitrogens with one attached hydrogen (secondary N) is 1. The largest absolute Gasteiger partial charge is 0.497 e. The Morgan fingerprint density at radius 1 is 0.917 bits per heavy atom. The SMILES string of the molecule is COc1ccc(CNCc2ccc(C(=O)OC(C)(C)C)cc2)cc1. The van der Waals surface area contributed by atoms with Gasteiger partial charge in [0.25, 0.3) is 0 Å². The van der Waals surface area contributed by atoms with Gasteiger partial charge in [0.1, 0.15) is 11.4 Å².